The lowest BCUT2D eigenvalue weighted by Gasteiger charge is -2.18. The van der Waals surface area contributed by atoms with Crippen molar-refractivity contribution in [3.05, 3.63) is 23.5 Å². The molecule has 0 fully saturated rings. The Bertz CT molecular complexity index is 167. The number of nitrogens with two attached hydrogens (primary N) is 1. The van der Waals surface area contributed by atoms with Crippen molar-refractivity contribution in [2.24, 2.45) is 5.84 Å². The molecule has 0 spiro atoms. The van der Waals surface area contributed by atoms with E-state index in [1.54, 1.807) is 12.3 Å². The van der Waals surface area contributed by atoms with Crippen LogP contribution in [0.25, 0.3) is 0 Å². The highest BCUT2D eigenvalue weighted by Gasteiger charge is 2.13. The Morgan fingerprint density at radius 1 is 1.90 bits per heavy atom. The van der Waals surface area contributed by atoms with E-state index in [0.29, 0.717) is 6.54 Å². The number of hydrogen-bond acceptors (Lipinski definition) is 4. The van der Waals surface area contributed by atoms with E-state index in [0.717, 1.165) is 4.61 Å². The van der Waals surface area contributed by atoms with Gasteiger partial charge in [0.1, 0.15) is 4.61 Å². The minimum Gasteiger partial charge on any atom is -0.277 e. The van der Waals surface area contributed by atoms with Gasteiger partial charge in [-0.15, -0.1) is 12.1 Å². The molecule has 0 unspecified atom stereocenters. The van der Waals surface area contributed by atoms with Gasteiger partial charge in [0, 0.05) is 0 Å². The van der Waals surface area contributed by atoms with Crippen LogP contribution in [0.3, 0.4) is 0 Å². The number of nitrogens with one attached hydrogen (secondary N) is 1. The van der Waals surface area contributed by atoms with Crippen molar-refractivity contribution in [3.8, 4) is 0 Å². The molecule has 10 heavy (non-hydrogen) atoms. The SMILES string of the molecule is C=CCN1NN(N)C=C1Br. The Kier molecular flexibility index (Phi) is 2.31. The fourth-order valence-corrected chi connectivity index (χ4v) is 1.10. The molecule has 1 aliphatic rings. The van der Waals surface area contributed by atoms with Gasteiger partial charge < -0.3 is 0 Å². The number of halogens is 1. The van der Waals surface area contributed by atoms with Crippen LogP contribution in [-0.4, -0.2) is 16.7 Å². The predicted molar refractivity (Wildman–Crippen MR) is 43.1 cm³/mol. The van der Waals surface area contributed by atoms with Crippen molar-refractivity contribution >= 4 is 15.9 Å². The fourth-order valence-electron chi connectivity index (χ4n) is 0.658. The van der Waals surface area contributed by atoms with Crippen LogP contribution in [0.5, 0.6) is 0 Å². The normalized spacial score (nSPS) is 17.6. The summed E-state index contributed by atoms with van der Waals surface area (Å²) in [6.45, 7) is 4.31. The maximum Gasteiger partial charge on any atom is 0.116 e. The maximum atomic E-state index is 5.39. The summed E-state index contributed by atoms with van der Waals surface area (Å²) in [7, 11) is 0. The van der Waals surface area contributed by atoms with Gasteiger partial charge in [-0.3, -0.25) is 5.01 Å². The molecule has 5 heteroatoms. The van der Waals surface area contributed by atoms with E-state index < -0.39 is 0 Å². The molecule has 0 aromatic rings. The van der Waals surface area contributed by atoms with Crippen LogP contribution in [0, 0.1) is 0 Å². The first-order chi connectivity index (χ1) is 4.74. The van der Waals surface area contributed by atoms with Gasteiger partial charge in [-0.2, -0.15) is 0 Å². The van der Waals surface area contributed by atoms with E-state index in [-0.39, 0.29) is 0 Å². The summed E-state index contributed by atoms with van der Waals surface area (Å²) in [5, 5.41) is 3.18. The molecule has 0 atom stereocenters. The first kappa shape index (κ1) is 7.59. The van der Waals surface area contributed by atoms with E-state index in [1.807, 2.05) is 5.01 Å². The summed E-state index contributed by atoms with van der Waals surface area (Å²) in [4.78, 5) is 0. The van der Waals surface area contributed by atoms with Crippen molar-refractivity contribution in [1.29, 1.82) is 0 Å². The Hall–Kier alpha value is -0.520. The Labute approximate surface area is 68.0 Å². The van der Waals surface area contributed by atoms with Gasteiger partial charge in [0.05, 0.1) is 12.7 Å². The summed E-state index contributed by atoms with van der Waals surface area (Å²) < 4.78 is 0.898. The molecule has 1 heterocycles. The van der Waals surface area contributed by atoms with Crippen LogP contribution in [0.1, 0.15) is 0 Å². The standard InChI is InChI=1S/C5H9BrN4/c1-2-3-9-5(6)4-10(7)8-9/h2,4,8H,1,3,7H2. The van der Waals surface area contributed by atoms with E-state index in [9.17, 15) is 0 Å². The Morgan fingerprint density at radius 2 is 2.60 bits per heavy atom. The molecule has 0 aromatic carbocycles. The van der Waals surface area contributed by atoms with Gasteiger partial charge >= 0.3 is 0 Å². The third-order valence-electron chi connectivity index (χ3n) is 1.05. The molecule has 0 aromatic heterocycles. The lowest BCUT2D eigenvalue weighted by Crippen LogP contribution is -2.43. The molecule has 1 rings (SSSR count). The molecule has 0 saturated heterocycles. The number of nitrogens with zero attached hydrogens (tertiary/aromatic N) is 2. The minimum atomic E-state index is 0.713. The molecule has 4 nitrogen and oxygen atoms in total. The first-order valence-electron chi connectivity index (χ1n) is 2.80. The lowest BCUT2D eigenvalue weighted by atomic mass is 10.6. The van der Waals surface area contributed by atoms with Crippen LogP contribution in [-0.2, 0) is 0 Å². The van der Waals surface area contributed by atoms with Crippen LogP contribution >= 0.6 is 15.9 Å². The van der Waals surface area contributed by atoms with Gasteiger partial charge in [0.15, 0.2) is 0 Å². The van der Waals surface area contributed by atoms with E-state index in [4.69, 9.17) is 5.84 Å². The zero-order chi connectivity index (χ0) is 7.56. The fraction of sp³-hybridized carbons (Fsp3) is 0.200. The van der Waals surface area contributed by atoms with Crippen molar-refractivity contribution in [2.75, 3.05) is 6.54 Å². The van der Waals surface area contributed by atoms with Gasteiger partial charge in [-0.25, -0.2) is 11.0 Å². The molecule has 0 aliphatic carbocycles. The van der Waals surface area contributed by atoms with Crippen molar-refractivity contribution in [2.45, 2.75) is 0 Å². The summed E-state index contributed by atoms with van der Waals surface area (Å²) in [5.41, 5.74) is 2.84. The third-order valence-corrected chi connectivity index (χ3v) is 1.68. The van der Waals surface area contributed by atoms with Gasteiger partial charge in [0.2, 0.25) is 0 Å². The molecule has 1 aliphatic heterocycles. The van der Waals surface area contributed by atoms with Crippen molar-refractivity contribution in [3.63, 3.8) is 0 Å². The first-order valence-corrected chi connectivity index (χ1v) is 3.59. The third kappa shape index (κ3) is 1.50. The second kappa shape index (κ2) is 3.05. The lowest BCUT2D eigenvalue weighted by molar-refractivity contribution is 0.149. The van der Waals surface area contributed by atoms with Crippen molar-refractivity contribution < 1.29 is 0 Å². The second-order valence-electron chi connectivity index (χ2n) is 1.86. The Balaban J connectivity index is 2.50. The van der Waals surface area contributed by atoms with E-state index in [2.05, 4.69) is 28.0 Å². The number of hydrogen-bond donors (Lipinski definition) is 2. The summed E-state index contributed by atoms with van der Waals surface area (Å²) >= 11 is 3.30. The average Bonchev–Trinajstić information content (AvgIpc) is 2.13. The molecule has 56 valence electrons. The summed E-state index contributed by atoms with van der Waals surface area (Å²) in [5.74, 6) is 5.39. The van der Waals surface area contributed by atoms with Crippen LogP contribution in [0.4, 0.5) is 0 Å². The number of rotatable bonds is 2. The summed E-state index contributed by atoms with van der Waals surface area (Å²) in [6, 6.07) is 0. The predicted octanol–water partition coefficient (Wildman–Crippen LogP) is 0.277. The molecule has 0 radical (unpaired) electrons. The smallest absolute Gasteiger partial charge is 0.116 e. The highest BCUT2D eigenvalue weighted by molar-refractivity contribution is 9.11. The monoisotopic (exact) mass is 204 g/mol. The van der Waals surface area contributed by atoms with Crippen LogP contribution in [0.15, 0.2) is 23.5 Å². The zero-order valence-electron chi connectivity index (χ0n) is 5.42. The molecule has 0 saturated carbocycles. The van der Waals surface area contributed by atoms with Gasteiger partial charge in [-0.05, 0) is 15.9 Å². The number of hydrazine groups is 3. The quantitative estimate of drug-likeness (QED) is 0.386. The molecular weight excluding hydrogens is 196 g/mol. The van der Waals surface area contributed by atoms with Crippen LogP contribution in [0.2, 0.25) is 0 Å². The van der Waals surface area contributed by atoms with E-state index >= 15 is 0 Å². The molecular formula is C5H9BrN4. The minimum absolute atomic E-state index is 0.713. The largest absolute Gasteiger partial charge is 0.277 e. The molecule has 0 amide bonds. The second-order valence-corrected chi connectivity index (χ2v) is 2.67. The highest BCUT2D eigenvalue weighted by Crippen LogP contribution is 2.14. The van der Waals surface area contributed by atoms with Gasteiger partial charge in [-0.1, -0.05) is 6.08 Å². The van der Waals surface area contributed by atoms with Crippen LogP contribution < -0.4 is 11.4 Å². The highest BCUT2D eigenvalue weighted by atomic mass is 79.9. The molecule has 3 N–H and O–H groups in total. The topological polar surface area (TPSA) is 44.5 Å². The maximum absolute atomic E-state index is 5.39. The Morgan fingerprint density at radius 3 is 3.00 bits per heavy atom. The summed E-state index contributed by atoms with van der Waals surface area (Å²) in [6.07, 6.45) is 3.50. The van der Waals surface area contributed by atoms with Crippen molar-refractivity contribution in [1.82, 2.24) is 15.7 Å². The van der Waals surface area contributed by atoms with E-state index in [1.165, 1.54) is 5.12 Å². The zero-order valence-corrected chi connectivity index (χ0v) is 7.00. The average molecular weight is 205 g/mol. The molecule has 0 bridgehead atoms. The van der Waals surface area contributed by atoms with Gasteiger partial charge in [0.25, 0.3) is 0 Å².